The van der Waals surface area contributed by atoms with E-state index in [1.54, 1.807) is 24.3 Å². The second-order valence-electron chi connectivity index (χ2n) is 6.51. The summed E-state index contributed by atoms with van der Waals surface area (Å²) in [6, 6.07) is 13.5. The second-order valence-corrected chi connectivity index (χ2v) is 6.51. The molecule has 0 fully saturated rings. The lowest BCUT2D eigenvalue weighted by Crippen LogP contribution is -2.39. The minimum atomic E-state index is -1.19. The van der Waals surface area contributed by atoms with Gasteiger partial charge in [0.25, 0.3) is 0 Å². The Bertz CT molecular complexity index is 877. The first-order chi connectivity index (χ1) is 13.0. The number of rotatable bonds is 6. The van der Waals surface area contributed by atoms with Crippen molar-refractivity contribution in [1.29, 1.82) is 0 Å². The Labute approximate surface area is 157 Å². The summed E-state index contributed by atoms with van der Waals surface area (Å²) >= 11 is 0. The third-order valence-corrected chi connectivity index (χ3v) is 4.47. The number of hydrogen-bond acceptors (Lipinski definition) is 4. The van der Waals surface area contributed by atoms with Gasteiger partial charge in [-0.3, -0.25) is 10.2 Å². The molecule has 140 valence electrons. The van der Waals surface area contributed by atoms with Gasteiger partial charge >= 0.3 is 0 Å². The highest BCUT2D eigenvalue weighted by Crippen LogP contribution is 2.33. The number of amides is 1. The van der Waals surface area contributed by atoms with Crippen LogP contribution in [-0.2, 0) is 9.59 Å². The molecule has 3 rings (SSSR count). The van der Waals surface area contributed by atoms with Crippen LogP contribution in [0.1, 0.15) is 42.0 Å². The van der Waals surface area contributed by atoms with Crippen molar-refractivity contribution in [2.75, 3.05) is 0 Å². The topological polar surface area (TPSA) is 72.5 Å². The molecule has 0 spiro atoms. The minimum absolute atomic E-state index is 0.0287. The smallest absolute Gasteiger partial charge is 0.241 e. The highest BCUT2D eigenvalue weighted by Gasteiger charge is 2.31. The van der Waals surface area contributed by atoms with Crippen LogP contribution >= 0.6 is 0 Å². The van der Waals surface area contributed by atoms with Crippen LogP contribution < -0.4 is 10.5 Å². The van der Waals surface area contributed by atoms with E-state index in [2.05, 4.69) is 5.43 Å². The molecule has 0 aliphatic carbocycles. The first kappa shape index (κ1) is 18.6. The minimum Gasteiger partial charge on any atom is -0.550 e. The zero-order valence-corrected chi connectivity index (χ0v) is 14.9. The zero-order valence-electron chi connectivity index (χ0n) is 14.9. The largest absolute Gasteiger partial charge is 0.550 e. The van der Waals surface area contributed by atoms with Gasteiger partial charge in [-0.1, -0.05) is 48.0 Å². The molecule has 2 aromatic rings. The molecule has 6 heteroatoms. The first-order valence-corrected chi connectivity index (χ1v) is 8.77. The number of hydrogen-bond donors (Lipinski definition) is 1. The van der Waals surface area contributed by atoms with Crippen molar-refractivity contribution in [3.63, 3.8) is 0 Å². The van der Waals surface area contributed by atoms with Gasteiger partial charge in [0.2, 0.25) is 5.91 Å². The first-order valence-electron chi connectivity index (χ1n) is 8.77. The van der Waals surface area contributed by atoms with Gasteiger partial charge in [0.05, 0.1) is 5.70 Å². The number of carboxylic acid groups (broad SMARTS) is 1. The summed E-state index contributed by atoms with van der Waals surface area (Å²) in [5.41, 5.74) is 6.13. The van der Waals surface area contributed by atoms with Gasteiger partial charge in [0.15, 0.2) is 0 Å². The van der Waals surface area contributed by atoms with Crippen molar-refractivity contribution >= 4 is 17.6 Å². The molecular weight excluding hydrogens is 347 g/mol. The Morgan fingerprint density at radius 2 is 1.81 bits per heavy atom. The fourth-order valence-corrected chi connectivity index (χ4v) is 3.03. The monoisotopic (exact) mass is 367 g/mol. The van der Waals surface area contributed by atoms with Crippen LogP contribution in [0.25, 0.3) is 5.70 Å². The lowest BCUT2D eigenvalue weighted by molar-refractivity contribution is -0.305. The third-order valence-electron chi connectivity index (χ3n) is 4.47. The van der Waals surface area contributed by atoms with Crippen LogP contribution in [0.15, 0.2) is 54.6 Å². The summed E-state index contributed by atoms with van der Waals surface area (Å²) in [4.78, 5) is 23.2. The van der Waals surface area contributed by atoms with Gasteiger partial charge in [-0.25, -0.2) is 9.40 Å². The van der Waals surface area contributed by atoms with Crippen molar-refractivity contribution in [1.82, 2.24) is 10.4 Å². The molecule has 0 saturated heterocycles. The number of carbonyl (C=O) groups is 2. The maximum Gasteiger partial charge on any atom is 0.241 e. The Hall–Kier alpha value is -3.15. The third kappa shape index (κ3) is 4.34. The number of hydrazine groups is 1. The lowest BCUT2D eigenvalue weighted by atomic mass is 10.0. The molecule has 0 radical (unpaired) electrons. The molecule has 1 amide bonds. The predicted molar refractivity (Wildman–Crippen MR) is 97.1 cm³/mol. The van der Waals surface area contributed by atoms with Gasteiger partial charge in [0.1, 0.15) is 11.9 Å². The highest BCUT2D eigenvalue weighted by molar-refractivity contribution is 5.81. The average molecular weight is 367 g/mol. The van der Waals surface area contributed by atoms with Gasteiger partial charge in [-0.15, -0.1) is 0 Å². The Balaban J connectivity index is 1.87. The van der Waals surface area contributed by atoms with Crippen LogP contribution in [0.4, 0.5) is 4.39 Å². The van der Waals surface area contributed by atoms with Crippen LogP contribution in [0.3, 0.4) is 0 Å². The number of benzene rings is 2. The Morgan fingerprint density at radius 3 is 2.48 bits per heavy atom. The van der Waals surface area contributed by atoms with Crippen molar-refractivity contribution in [3.05, 3.63) is 77.1 Å². The number of aliphatic carboxylic acids is 1. The van der Waals surface area contributed by atoms with E-state index >= 15 is 0 Å². The van der Waals surface area contributed by atoms with E-state index in [-0.39, 0.29) is 25.2 Å². The lowest BCUT2D eigenvalue weighted by Gasteiger charge is -2.26. The molecule has 0 bridgehead atoms. The zero-order chi connectivity index (χ0) is 19.4. The maximum atomic E-state index is 14.3. The standard InChI is InChI=1S/C21H21FN2O3/c1-14-9-11-15(12-10-14)18-13-19(16-5-2-3-6-17(16)22)24(23-18)20(25)7-4-8-21(26)27/h2-3,5-6,9-13,19,23H,4,7-8H2,1H3,(H,26,27)/p-1/t19-/m0/s1. The van der Waals surface area contributed by atoms with Crippen LogP contribution in [0.2, 0.25) is 0 Å². The Morgan fingerprint density at radius 1 is 1.11 bits per heavy atom. The van der Waals surface area contributed by atoms with Crippen LogP contribution in [0, 0.1) is 12.7 Å². The molecule has 1 aliphatic heterocycles. The van der Waals surface area contributed by atoms with E-state index in [0.717, 1.165) is 11.1 Å². The maximum absolute atomic E-state index is 14.3. The van der Waals surface area contributed by atoms with Crippen LogP contribution in [-0.4, -0.2) is 16.9 Å². The Kier molecular flexibility index (Phi) is 5.54. The normalized spacial score (nSPS) is 16.0. The summed E-state index contributed by atoms with van der Waals surface area (Å²) < 4.78 is 14.3. The van der Waals surface area contributed by atoms with E-state index < -0.39 is 17.8 Å². The fourth-order valence-electron chi connectivity index (χ4n) is 3.03. The molecule has 1 heterocycles. The average Bonchev–Trinajstić information content (AvgIpc) is 3.07. The number of carboxylic acids is 1. The van der Waals surface area contributed by atoms with E-state index in [9.17, 15) is 19.1 Å². The van der Waals surface area contributed by atoms with E-state index in [0.29, 0.717) is 11.3 Å². The highest BCUT2D eigenvalue weighted by atomic mass is 19.1. The summed E-state index contributed by atoms with van der Waals surface area (Å²) in [5.74, 6) is -1.90. The number of nitrogens with zero attached hydrogens (tertiary/aromatic N) is 1. The SMILES string of the molecule is Cc1ccc(C2=C[C@@H](c3ccccc3F)N(C(=O)CCCC(=O)[O-])N2)cc1. The quantitative estimate of drug-likeness (QED) is 0.851. The number of halogens is 1. The predicted octanol–water partition coefficient (Wildman–Crippen LogP) is 2.48. The number of nitrogens with one attached hydrogen (secondary N) is 1. The molecule has 5 nitrogen and oxygen atoms in total. The summed E-state index contributed by atoms with van der Waals surface area (Å²) in [6.45, 7) is 1.98. The number of carbonyl (C=O) groups excluding carboxylic acids is 2. The van der Waals surface area contributed by atoms with Crippen LogP contribution in [0.5, 0.6) is 0 Å². The van der Waals surface area contributed by atoms with E-state index in [1.165, 1.54) is 11.1 Å². The van der Waals surface area contributed by atoms with E-state index in [4.69, 9.17) is 0 Å². The molecule has 1 aliphatic rings. The molecule has 27 heavy (non-hydrogen) atoms. The van der Waals surface area contributed by atoms with E-state index in [1.807, 2.05) is 31.2 Å². The van der Waals surface area contributed by atoms with Gasteiger partial charge in [-0.2, -0.15) is 0 Å². The molecular formula is C21H20FN2O3-. The fraction of sp³-hybridized carbons (Fsp3) is 0.238. The van der Waals surface area contributed by atoms with Gasteiger partial charge in [-0.05, 0) is 37.5 Å². The van der Waals surface area contributed by atoms with Crippen molar-refractivity contribution in [2.45, 2.75) is 32.2 Å². The molecule has 1 N–H and O–H groups in total. The molecule has 1 atom stereocenters. The van der Waals surface area contributed by atoms with Crippen molar-refractivity contribution < 1.29 is 19.1 Å². The number of aryl methyl sites for hydroxylation is 1. The molecule has 0 unspecified atom stereocenters. The molecule has 0 aromatic heterocycles. The second kappa shape index (κ2) is 8.03. The van der Waals surface area contributed by atoms with Gasteiger partial charge < -0.3 is 9.90 Å². The van der Waals surface area contributed by atoms with Crippen molar-refractivity contribution in [2.24, 2.45) is 0 Å². The summed E-state index contributed by atoms with van der Waals surface area (Å²) in [6.07, 6.45) is 1.81. The summed E-state index contributed by atoms with van der Waals surface area (Å²) in [7, 11) is 0. The summed E-state index contributed by atoms with van der Waals surface area (Å²) in [5, 5.41) is 11.9. The van der Waals surface area contributed by atoms with Crippen molar-refractivity contribution in [3.8, 4) is 0 Å². The molecule has 0 saturated carbocycles. The molecule has 2 aromatic carbocycles. The van der Waals surface area contributed by atoms with Gasteiger partial charge in [0, 0.05) is 18.0 Å².